The number of ketones is 1. The molecule has 0 saturated heterocycles. The predicted octanol–water partition coefficient (Wildman–Crippen LogP) is 6.50. The number of para-hydroxylation sites is 1. The molecule has 0 radical (unpaired) electrons. The van der Waals surface area contributed by atoms with Crippen LogP contribution in [0.4, 0.5) is 0 Å². The van der Waals surface area contributed by atoms with Crippen molar-refractivity contribution in [2.45, 2.75) is 38.1 Å². The number of rotatable bonds is 11. The number of hydrogen-bond acceptors (Lipinski definition) is 4. The van der Waals surface area contributed by atoms with Crippen molar-refractivity contribution in [3.05, 3.63) is 102 Å². The highest BCUT2D eigenvalue weighted by molar-refractivity contribution is 7.51. The molecule has 0 saturated carbocycles. The molecule has 2 atom stereocenters. The zero-order valence-electron chi connectivity index (χ0n) is 19.7. The normalized spacial score (nSPS) is 14.5. The van der Waals surface area contributed by atoms with Gasteiger partial charge in [-0.1, -0.05) is 85.8 Å². The molecule has 0 aromatic heterocycles. The molecule has 3 aromatic carbocycles. The Labute approximate surface area is 196 Å². The van der Waals surface area contributed by atoms with Crippen molar-refractivity contribution >= 4 is 13.5 Å². The SMILES string of the molecule is CCC(=O)C(CC(C)N(C)P(=O)(OC)Oc1ccccc1)(c1ccccc1)c1ccccc1. The van der Waals surface area contributed by atoms with Gasteiger partial charge < -0.3 is 4.52 Å². The van der Waals surface area contributed by atoms with Crippen LogP contribution in [0.15, 0.2) is 91.0 Å². The molecule has 174 valence electrons. The highest BCUT2D eigenvalue weighted by atomic mass is 31.2. The van der Waals surface area contributed by atoms with Crippen molar-refractivity contribution in [2.24, 2.45) is 0 Å². The molecule has 5 nitrogen and oxygen atoms in total. The Balaban J connectivity index is 2.03. The van der Waals surface area contributed by atoms with Gasteiger partial charge in [0.2, 0.25) is 0 Å². The average molecular weight is 466 g/mol. The van der Waals surface area contributed by atoms with Crippen LogP contribution in [0.2, 0.25) is 0 Å². The van der Waals surface area contributed by atoms with Crippen LogP contribution in [0.5, 0.6) is 5.75 Å². The first kappa shape index (κ1) is 24.9. The molecule has 33 heavy (non-hydrogen) atoms. The van der Waals surface area contributed by atoms with E-state index < -0.39 is 13.2 Å². The van der Waals surface area contributed by atoms with Crippen LogP contribution in [0.25, 0.3) is 0 Å². The highest BCUT2D eigenvalue weighted by Gasteiger charge is 2.45. The minimum Gasteiger partial charge on any atom is -0.413 e. The summed E-state index contributed by atoms with van der Waals surface area (Å²) in [6, 6.07) is 28.3. The number of benzene rings is 3. The lowest BCUT2D eigenvalue weighted by molar-refractivity contribution is -0.123. The number of hydrogen-bond donors (Lipinski definition) is 0. The summed E-state index contributed by atoms with van der Waals surface area (Å²) in [4.78, 5) is 13.7. The average Bonchev–Trinajstić information content (AvgIpc) is 2.87. The van der Waals surface area contributed by atoms with E-state index in [4.69, 9.17) is 9.05 Å². The fourth-order valence-corrected chi connectivity index (χ4v) is 5.66. The molecule has 0 N–H and O–H groups in total. The number of carbonyl (C=O) groups is 1. The molecule has 0 aliphatic rings. The van der Waals surface area contributed by atoms with Crippen LogP contribution in [0, 0.1) is 0 Å². The minimum absolute atomic E-state index is 0.108. The molecular formula is C27H32NO4P. The zero-order valence-corrected chi connectivity index (χ0v) is 20.6. The van der Waals surface area contributed by atoms with Crippen molar-refractivity contribution < 1.29 is 18.4 Å². The van der Waals surface area contributed by atoms with Crippen LogP contribution in [0.3, 0.4) is 0 Å². The molecule has 0 fully saturated rings. The second kappa shape index (κ2) is 10.9. The van der Waals surface area contributed by atoms with Gasteiger partial charge in [0.05, 0.1) is 5.41 Å². The molecule has 0 spiro atoms. The van der Waals surface area contributed by atoms with E-state index in [-0.39, 0.29) is 11.8 Å². The van der Waals surface area contributed by atoms with Gasteiger partial charge in [0, 0.05) is 19.6 Å². The van der Waals surface area contributed by atoms with Gasteiger partial charge in [-0.3, -0.25) is 9.32 Å². The topological polar surface area (TPSA) is 55.8 Å². The van der Waals surface area contributed by atoms with E-state index in [0.717, 1.165) is 11.1 Å². The standard InChI is InChI=1S/C27H32NO4P/c1-5-26(29)27(23-15-9-6-10-16-23,24-17-11-7-12-18-24)21-22(2)28(3)33(30,31-4)32-25-19-13-8-14-20-25/h6-20,22H,5,21H2,1-4H3. The van der Waals surface area contributed by atoms with E-state index in [1.54, 1.807) is 23.9 Å². The third-order valence-corrected chi connectivity index (χ3v) is 8.22. The van der Waals surface area contributed by atoms with Crippen molar-refractivity contribution in [3.63, 3.8) is 0 Å². The maximum atomic E-state index is 13.7. The van der Waals surface area contributed by atoms with E-state index in [0.29, 0.717) is 18.6 Å². The van der Waals surface area contributed by atoms with Gasteiger partial charge in [-0.05, 0) is 43.7 Å². The van der Waals surface area contributed by atoms with Gasteiger partial charge in [0.25, 0.3) is 0 Å². The van der Waals surface area contributed by atoms with Gasteiger partial charge in [-0.25, -0.2) is 4.57 Å². The van der Waals surface area contributed by atoms with Gasteiger partial charge in [-0.2, -0.15) is 4.67 Å². The Kier molecular flexibility index (Phi) is 8.25. The molecule has 0 bridgehead atoms. The van der Waals surface area contributed by atoms with E-state index >= 15 is 0 Å². The first-order valence-corrected chi connectivity index (χ1v) is 12.6. The van der Waals surface area contributed by atoms with Crippen LogP contribution < -0.4 is 4.52 Å². The Bertz CT molecular complexity index is 1030. The Hall–Kier alpha value is -2.72. The lowest BCUT2D eigenvalue weighted by Gasteiger charge is -2.39. The summed E-state index contributed by atoms with van der Waals surface area (Å²) in [5.41, 5.74) is 0.940. The molecule has 0 amide bonds. The number of Topliss-reactive ketones (excluding diaryl/α,β-unsaturated/α-hetero) is 1. The minimum atomic E-state index is -3.66. The van der Waals surface area contributed by atoms with E-state index in [9.17, 15) is 9.36 Å². The highest BCUT2D eigenvalue weighted by Crippen LogP contribution is 2.53. The third kappa shape index (κ3) is 5.27. The van der Waals surface area contributed by atoms with Crippen LogP contribution in [0.1, 0.15) is 37.8 Å². The summed E-state index contributed by atoms with van der Waals surface area (Å²) in [7, 11) is -0.557. The Morgan fingerprint density at radius 1 is 0.909 bits per heavy atom. The lowest BCUT2D eigenvalue weighted by Crippen LogP contribution is -2.43. The predicted molar refractivity (Wildman–Crippen MR) is 132 cm³/mol. The van der Waals surface area contributed by atoms with Gasteiger partial charge in [-0.15, -0.1) is 0 Å². The maximum absolute atomic E-state index is 13.7. The van der Waals surface area contributed by atoms with Crippen molar-refractivity contribution in [2.75, 3.05) is 14.2 Å². The Morgan fingerprint density at radius 3 is 1.79 bits per heavy atom. The molecule has 3 rings (SSSR count). The molecule has 6 heteroatoms. The summed E-state index contributed by atoms with van der Waals surface area (Å²) in [5, 5.41) is 0. The lowest BCUT2D eigenvalue weighted by atomic mass is 9.67. The zero-order chi connectivity index (χ0) is 23.9. The first-order valence-electron chi connectivity index (χ1n) is 11.2. The fraction of sp³-hybridized carbons (Fsp3) is 0.296. The first-order chi connectivity index (χ1) is 15.9. The summed E-state index contributed by atoms with van der Waals surface area (Å²) < 4.78 is 26.5. The monoisotopic (exact) mass is 465 g/mol. The molecule has 2 unspecified atom stereocenters. The second-order valence-electron chi connectivity index (χ2n) is 8.10. The van der Waals surface area contributed by atoms with Gasteiger partial charge >= 0.3 is 7.75 Å². The van der Waals surface area contributed by atoms with Crippen LogP contribution >= 0.6 is 7.75 Å². The smallest absolute Gasteiger partial charge is 0.413 e. The van der Waals surface area contributed by atoms with Gasteiger partial charge in [0.1, 0.15) is 11.5 Å². The second-order valence-corrected chi connectivity index (χ2v) is 10.2. The molecule has 0 heterocycles. The fourth-order valence-electron chi connectivity index (χ4n) is 4.25. The van der Waals surface area contributed by atoms with Crippen LogP contribution in [-0.2, 0) is 19.3 Å². The summed E-state index contributed by atoms with van der Waals surface area (Å²) >= 11 is 0. The summed E-state index contributed by atoms with van der Waals surface area (Å²) in [6.45, 7) is 3.83. The van der Waals surface area contributed by atoms with E-state index in [2.05, 4.69) is 0 Å². The van der Waals surface area contributed by atoms with E-state index in [1.807, 2.05) is 92.7 Å². The molecule has 3 aromatic rings. The van der Waals surface area contributed by atoms with Crippen molar-refractivity contribution in [1.82, 2.24) is 4.67 Å². The van der Waals surface area contributed by atoms with Crippen LogP contribution in [-0.4, -0.2) is 30.7 Å². The molecular weight excluding hydrogens is 433 g/mol. The third-order valence-electron chi connectivity index (χ3n) is 6.15. The quantitative estimate of drug-likeness (QED) is 0.303. The largest absolute Gasteiger partial charge is 0.461 e. The number of carbonyl (C=O) groups excluding carboxylic acids is 1. The van der Waals surface area contributed by atoms with Gasteiger partial charge in [0.15, 0.2) is 0 Å². The maximum Gasteiger partial charge on any atom is 0.461 e. The van der Waals surface area contributed by atoms with Crippen molar-refractivity contribution in [1.29, 1.82) is 0 Å². The summed E-state index contributed by atoms with van der Waals surface area (Å²) in [5.74, 6) is 0.570. The van der Waals surface area contributed by atoms with E-state index in [1.165, 1.54) is 7.11 Å². The summed E-state index contributed by atoms with van der Waals surface area (Å²) in [6.07, 6.45) is 0.790. The number of nitrogens with zero attached hydrogens (tertiary/aromatic N) is 1. The van der Waals surface area contributed by atoms with Crippen molar-refractivity contribution in [3.8, 4) is 5.75 Å². The molecule has 0 aliphatic carbocycles. The molecule has 0 aliphatic heterocycles. The Morgan fingerprint density at radius 2 is 1.36 bits per heavy atom.